The molecule has 0 N–H and O–H groups in total. The van der Waals surface area contributed by atoms with E-state index in [1.807, 2.05) is 0 Å². The van der Waals surface area contributed by atoms with Crippen molar-refractivity contribution in [1.29, 1.82) is 0 Å². The number of alkyl halides is 1. The molecule has 0 bridgehead atoms. The lowest BCUT2D eigenvalue weighted by molar-refractivity contribution is -0.131. The van der Waals surface area contributed by atoms with Gasteiger partial charge >= 0.3 is 0 Å². The molecule has 1 aromatic carbocycles. The second kappa shape index (κ2) is 6.46. The SMILES string of the molecule is O=C(Cc1ccc(F)cc1F)N1CCC(CBr)CC1. The van der Waals surface area contributed by atoms with Crippen molar-refractivity contribution >= 4 is 21.8 Å². The molecule has 2 rings (SSSR count). The first-order valence-corrected chi connectivity index (χ1v) is 7.50. The van der Waals surface area contributed by atoms with E-state index in [4.69, 9.17) is 0 Å². The minimum Gasteiger partial charge on any atom is -0.342 e. The molecule has 0 radical (unpaired) electrons. The van der Waals surface area contributed by atoms with E-state index in [1.54, 1.807) is 4.90 Å². The summed E-state index contributed by atoms with van der Waals surface area (Å²) >= 11 is 3.45. The molecule has 0 saturated carbocycles. The summed E-state index contributed by atoms with van der Waals surface area (Å²) in [6.07, 6.45) is 1.96. The van der Waals surface area contributed by atoms with Crippen LogP contribution in [-0.4, -0.2) is 29.2 Å². The van der Waals surface area contributed by atoms with Gasteiger partial charge in [-0.15, -0.1) is 0 Å². The summed E-state index contributed by atoms with van der Waals surface area (Å²) in [5.41, 5.74) is 0.258. The van der Waals surface area contributed by atoms with Crippen LogP contribution in [0, 0.1) is 17.6 Å². The first-order valence-electron chi connectivity index (χ1n) is 6.38. The van der Waals surface area contributed by atoms with Gasteiger partial charge in [0.1, 0.15) is 11.6 Å². The average Bonchev–Trinajstić information content (AvgIpc) is 2.42. The minimum absolute atomic E-state index is 0.00505. The molecule has 1 aliphatic rings. The summed E-state index contributed by atoms with van der Waals surface area (Å²) in [6, 6.07) is 3.34. The van der Waals surface area contributed by atoms with Crippen LogP contribution in [-0.2, 0) is 11.2 Å². The molecule has 1 amide bonds. The van der Waals surface area contributed by atoms with Gasteiger partial charge in [-0.2, -0.15) is 0 Å². The highest BCUT2D eigenvalue weighted by atomic mass is 79.9. The average molecular weight is 332 g/mol. The van der Waals surface area contributed by atoms with Gasteiger partial charge in [-0.05, 0) is 30.4 Å². The van der Waals surface area contributed by atoms with Crippen molar-refractivity contribution in [3.05, 3.63) is 35.4 Å². The van der Waals surface area contributed by atoms with Crippen molar-refractivity contribution in [2.24, 2.45) is 5.92 Å². The van der Waals surface area contributed by atoms with Crippen molar-refractivity contribution in [1.82, 2.24) is 4.90 Å². The number of carbonyl (C=O) groups is 1. The first-order chi connectivity index (χ1) is 9.10. The molecule has 1 saturated heterocycles. The van der Waals surface area contributed by atoms with E-state index in [0.717, 1.165) is 37.3 Å². The van der Waals surface area contributed by atoms with Crippen molar-refractivity contribution in [2.45, 2.75) is 19.3 Å². The topological polar surface area (TPSA) is 20.3 Å². The van der Waals surface area contributed by atoms with Gasteiger partial charge in [0.25, 0.3) is 0 Å². The van der Waals surface area contributed by atoms with E-state index in [0.29, 0.717) is 5.92 Å². The Labute approximate surface area is 119 Å². The number of carbonyl (C=O) groups excluding carboxylic acids is 1. The number of nitrogens with zero attached hydrogens (tertiary/aromatic N) is 1. The molecule has 0 aliphatic carbocycles. The number of hydrogen-bond acceptors (Lipinski definition) is 1. The summed E-state index contributed by atoms with van der Waals surface area (Å²) in [5, 5.41) is 0.960. The standard InChI is InChI=1S/C14H16BrF2NO/c15-9-10-3-5-18(6-4-10)14(19)7-11-1-2-12(16)8-13(11)17/h1-2,8,10H,3-7,9H2. The van der Waals surface area contributed by atoms with Crippen LogP contribution in [0.25, 0.3) is 0 Å². The molecule has 19 heavy (non-hydrogen) atoms. The smallest absolute Gasteiger partial charge is 0.227 e. The van der Waals surface area contributed by atoms with E-state index in [9.17, 15) is 13.6 Å². The monoisotopic (exact) mass is 331 g/mol. The molecule has 1 heterocycles. The van der Waals surface area contributed by atoms with Gasteiger partial charge in [0.05, 0.1) is 6.42 Å². The quantitative estimate of drug-likeness (QED) is 0.779. The van der Waals surface area contributed by atoms with E-state index >= 15 is 0 Å². The number of amides is 1. The fraction of sp³-hybridized carbons (Fsp3) is 0.500. The number of rotatable bonds is 3. The van der Waals surface area contributed by atoms with Crippen molar-refractivity contribution in [2.75, 3.05) is 18.4 Å². The summed E-state index contributed by atoms with van der Waals surface area (Å²) < 4.78 is 26.3. The molecule has 5 heteroatoms. The fourth-order valence-corrected chi connectivity index (χ4v) is 2.92. The summed E-state index contributed by atoms with van der Waals surface area (Å²) in [5.74, 6) is -0.735. The van der Waals surface area contributed by atoms with Crippen LogP contribution >= 0.6 is 15.9 Å². The third-order valence-electron chi connectivity index (χ3n) is 3.54. The number of halogens is 3. The second-order valence-electron chi connectivity index (χ2n) is 4.89. The third-order valence-corrected chi connectivity index (χ3v) is 4.46. The van der Waals surface area contributed by atoms with Crippen LogP contribution in [0.3, 0.4) is 0 Å². The maximum Gasteiger partial charge on any atom is 0.227 e. The molecular weight excluding hydrogens is 316 g/mol. The highest BCUT2D eigenvalue weighted by Crippen LogP contribution is 2.20. The number of likely N-dealkylation sites (tertiary alicyclic amines) is 1. The summed E-state index contributed by atoms with van der Waals surface area (Å²) in [4.78, 5) is 13.8. The Hall–Kier alpha value is -0.970. The van der Waals surface area contributed by atoms with Gasteiger partial charge in [0, 0.05) is 24.5 Å². The summed E-state index contributed by atoms with van der Waals surface area (Å²) in [6.45, 7) is 1.44. The van der Waals surface area contributed by atoms with Gasteiger partial charge in [-0.25, -0.2) is 8.78 Å². The lowest BCUT2D eigenvalue weighted by Gasteiger charge is -2.31. The minimum atomic E-state index is -0.649. The molecule has 2 nitrogen and oxygen atoms in total. The van der Waals surface area contributed by atoms with Crippen LogP contribution in [0.2, 0.25) is 0 Å². The molecule has 0 atom stereocenters. The van der Waals surface area contributed by atoms with E-state index in [-0.39, 0.29) is 17.9 Å². The Morgan fingerprint density at radius 3 is 2.58 bits per heavy atom. The molecule has 1 aromatic rings. The molecule has 1 aliphatic heterocycles. The van der Waals surface area contributed by atoms with Crippen molar-refractivity contribution in [3.63, 3.8) is 0 Å². The maximum atomic E-state index is 13.5. The molecule has 0 unspecified atom stereocenters. The van der Waals surface area contributed by atoms with Crippen LogP contribution in [0.4, 0.5) is 8.78 Å². The zero-order valence-corrected chi connectivity index (χ0v) is 12.1. The highest BCUT2D eigenvalue weighted by molar-refractivity contribution is 9.09. The largest absolute Gasteiger partial charge is 0.342 e. The Balaban J connectivity index is 1.94. The normalized spacial score (nSPS) is 16.7. The second-order valence-corrected chi connectivity index (χ2v) is 5.54. The van der Waals surface area contributed by atoms with Crippen molar-refractivity contribution in [3.8, 4) is 0 Å². The van der Waals surface area contributed by atoms with Gasteiger partial charge < -0.3 is 4.90 Å². The van der Waals surface area contributed by atoms with Crippen LogP contribution in [0.1, 0.15) is 18.4 Å². The van der Waals surface area contributed by atoms with Crippen LogP contribution < -0.4 is 0 Å². The predicted molar refractivity (Wildman–Crippen MR) is 73.2 cm³/mol. The van der Waals surface area contributed by atoms with Gasteiger partial charge in [-0.1, -0.05) is 22.0 Å². The Kier molecular flexibility index (Phi) is 4.91. The van der Waals surface area contributed by atoms with E-state index < -0.39 is 11.6 Å². The van der Waals surface area contributed by atoms with Gasteiger partial charge in [0.15, 0.2) is 0 Å². The predicted octanol–water partition coefficient (Wildman–Crippen LogP) is 3.14. The highest BCUT2D eigenvalue weighted by Gasteiger charge is 2.22. The number of benzene rings is 1. The number of piperidine rings is 1. The van der Waals surface area contributed by atoms with Crippen LogP contribution in [0.5, 0.6) is 0 Å². The molecule has 1 fully saturated rings. The molecule has 0 aromatic heterocycles. The van der Waals surface area contributed by atoms with E-state index in [2.05, 4.69) is 15.9 Å². The van der Waals surface area contributed by atoms with E-state index in [1.165, 1.54) is 12.1 Å². The lowest BCUT2D eigenvalue weighted by Crippen LogP contribution is -2.39. The Bertz CT molecular complexity index is 459. The van der Waals surface area contributed by atoms with Gasteiger partial charge in [0.2, 0.25) is 5.91 Å². The van der Waals surface area contributed by atoms with Crippen LogP contribution in [0.15, 0.2) is 18.2 Å². The zero-order chi connectivity index (χ0) is 13.8. The fourth-order valence-electron chi connectivity index (χ4n) is 2.28. The first kappa shape index (κ1) is 14.4. The maximum absolute atomic E-state index is 13.5. The lowest BCUT2D eigenvalue weighted by atomic mass is 9.98. The molecular formula is C14H16BrF2NO. The van der Waals surface area contributed by atoms with Crippen molar-refractivity contribution < 1.29 is 13.6 Å². The Morgan fingerprint density at radius 1 is 1.32 bits per heavy atom. The zero-order valence-electron chi connectivity index (χ0n) is 10.5. The third kappa shape index (κ3) is 3.75. The molecule has 104 valence electrons. The number of hydrogen-bond donors (Lipinski definition) is 0. The molecule has 0 spiro atoms. The summed E-state index contributed by atoms with van der Waals surface area (Å²) in [7, 11) is 0. The Morgan fingerprint density at radius 2 is 2.00 bits per heavy atom. The van der Waals surface area contributed by atoms with Gasteiger partial charge in [-0.3, -0.25) is 4.79 Å².